The number of benzene rings is 2. The molecule has 1 aliphatic rings. The fraction of sp³-hybridized carbons (Fsp3) is 0.182. The van der Waals surface area contributed by atoms with E-state index in [4.69, 9.17) is 0 Å². The van der Waals surface area contributed by atoms with E-state index < -0.39 is 0 Å². The number of rotatable bonds is 4. The van der Waals surface area contributed by atoms with Crippen LogP contribution >= 0.6 is 11.8 Å². The number of halogens is 1. The number of aromatic nitrogens is 4. The van der Waals surface area contributed by atoms with Gasteiger partial charge in [-0.3, -0.25) is 14.2 Å². The van der Waals surface area contributed by atoms with Gasteiger partial charge in [0.25, 0.3) is 5.56 Å². The number of thioether (sulfide) groups is 1. The molecule has 1 atom stereocenters. The molecule has 0 radical (unpaired) electrons. The zero-order valence-electron chi connectivity index (χ0n) is 16.6. The molecule has 156 valence electrons. The summed E-state index contributed by atoms with van der Waals surface area (Å²) in [5, 5.41) is 8.10. The van der Waals surface area contributed by atoms with Gasteiger partial charge in [-0.2, -0.15) is 5.10 Å². The first-order valence-corrected chi connectivity index (χ1v) is 10.7. The quantitative estimate of drug-likeness (QED) is 0.494. The van der Waals surface area contributed by atoms with Crippen molar-refractivity contribution in [3.63, 3.8) is 0 Å². The van der Waals surface area contributed by atoms with E-state index in [9.17, 15) is 14.0 Å². The van der Waals surface area contributed by atoms with Crippen LogP contribution in [-0.2, 0) is 4.79 Å². The highest BCUT2D eigenvalue weighted by molar-refractivity contribution is 7.99. The number of nitrogens with one attached hydrogen (secondary N) is 1. The molecule has 0 fully saturated rings. The van der Waals surface area contributed by atoms with Gasteiger partial charge in [0.1, 0.15) is 11.2 Å². The number of carbonyl (C=O) groups is 1. The highest BCUT2D eigenvalue weighted by atomic mass is 32.2. The monoisotopic (exact) mass is 435 g/mol. The van der Waals surface area contributed by atoms with Gasteiger partial charge in [0.2, 0.25) is 5.91 Å². The van der Waals surface area contributed by atoms with E-state index in [2.05, 4.69) is 15.4 Å². The molecule has 1 amide bonds. The minimum Gasteiger partial charge on any atom is -0.326 e. The average Bonchev–Trinajstić information content (AvgIpc) is 3.35. The van der Waals surface area contributed by atoms with Crippen molar-refractivity contribution in [3.05, 3.63) is 76.5 Å². The first kappa shape index (κ1) is 19.5. The predicted octanol–water partition coefficient (Wildman–Crippen LogP) is 3.71. The number of hydrogen-bond acceptors (Lipinski definition) is 5. The van der Waals surface area contributed by atoms with Crippen molar-refractivity contribution in [3.8, 4) is 5.69 Å². The lowest BCUT2D eigenvalue weighted by Crippen LogP contribution is -2.27. The van der Waals surface area contributed by atoms with Crippen LogP contribution in [0.4, 0.5) is 10.1 Å². The Morgan fingerprint density at radius 3 is 2.68 bits per heavy atom. The molecule has 0 saturated heterocycles. The smallest absolute Gasteiger partial charge is 0.265 e. The van der Waals surface area contributed by atoms with Gasteiger partial charge in [0.05, 0.1) is 17.9 Å². The van der Waals surface area contributed by atoms with Crippen LogP contribution in [-0.4, -0.2) is 31.0 Å². The zero-order chi connectivity index (χ0) is 21.5. The van der Waals surface area contributed by atoms with Crippen molar-refractivity contribution in [2.24, 2.45) is 0 Å². The molecular formula is C22H18FN5O2S. The molecule has 3 heterocycles. The second kappa shape index (κ2) is 7.66. The molecule has 0 aliphatic carbocycles. The standard InChI is InChI=1S/C22H18FN5O2S/c1-13-2-8-16(9-3-13)28-20-18(11-24-28)21(30)27-17(12-31-22(27)26-20)10-19(29)25-15-6-4-14(23)5-7-15/h2-9,11,17H,10,12H2,1H3,(H,25,29). The number of nitrogens with zero attached hydrogens (tertiary/aromatic N) is 4. The van der Waals surface area contributed by atoms with Crippen molar-refractivity contribution >= 4 is 34.4 Å². The third-order valence-corrected chi connectivity index (χ3v) is 6.30. The zero-order valence-corrected chi connectivity index (χ0v) is 17.4. The minimum absolute atomic E-state index is 0.122. The number of carbonyl (C=O) groups excluding carboxylic acids is 1. The number of anilines is 1. The van der Waals surface area contributed by atoms with Gasteiger partial charge in [0, 0.05) is 17.9 Å². The van der Waals surface area contributed by atoms with Crippen LogP contribution in [0.15, 0.2) is 64.7 Å². The maximum Gasteiger partial charge on any atom is 0.265 e. The number of fused-ring (bicyclic) bond motifs is 2. The van der Waals surface area contributed by atoms with E-state index in [0.717, 1.165) is 11.3 Å². The third-order valence-electron chi connectivity index (χ3n) is 5.20. The number of aryl methyl sites for hydroxylation is 1. The van der Waals surface area contributed by atoms with Crippen LogP contribution in [0.1, 0.15) is 18.0 Å². The Morgan fingerprint density at radius 2 is 1.94 bits per heavy atom. The SMILES string of the molecule is Cc1ccc(-n2ncc3c(=O)n4c(nc32)SCC4CC(=O)Nc2ccc(F)cc2)cc1. The van der Waals surface area contributed by atoms with Gasteiger partial charge in [-0.1, -0.05) is 29.5 Å². The Bertz CT molecular complexity index is 1350. The lowest BCUT2D eigenvalue weighted by molar-refractivity contribution is -0.116. The fourth-order valence-corrected chi connectivity index (χ4v) is 4.75. The van der Waals surface area contributed by atoms with Crippen LogP contribution in [0, 0.1) is 12.7 Å². The highest BCUT2D eigenvalue weighted by Gasteiger charge is 2.29. The Morgan fingerprint density at radius 1 is 1.19 bits per heavy atom. The molecular weight excluding hydrogens is 417 g/mol. The molecule has 0 bridgehead atoms. The van der Waals surface area contributed by atoms with E-state index in [-0.39, 0.29) is 29.7 Å². The van der Waals surface area contributed by atoms with Crippen LogP contribution in [0.5, 0.6) is 0 Å². The Kier molecular flexibility index (Phi) is 4.82. The van der Waals surface area contributed by atoms with E-state index in [1.807, 2.05) is 31.2 Å². The van der Waals surface area contributed by atoms with E-state index in [0.29, 0.717) is 27.6 Å². The van der Waals surface area contributed by atoms with Crippen LogP contribution < -0.4 is 10.9 Å². The first-order valence-electron chi connectivity index (χ1n) is 9.75. The Labute approximate surface area is 180 Å². The Balaban J connectivity index is 1.44. The second-order valence-electron chi connectivity index (χ2n) is 7.42. The summed E-state index contributed by atoms with van der Waals surface area (Å²) < 4.78 is 16.3. The van der Waals surface area contributed by atoms with Gasteiger partial charge in [-0.15, -0.1) is 0 Å². The van der Waals surface area contributed by atoms with Crippen molar-refractivity contribution < 1.29 is 9.18 Å². The molecule has 31 heavy (non-hydrogen) atoms. The van der Waals surface area contributed by atoms with E-state index >= 15 is 0 Å². The van der Waals surface area contributed by atoms with E-state index in [1.165, 1.54) is 42.2 Å². The molecule has 5 rings (SSSR count). The van der Waals surface area contributed by atoms with Gasteiger partial charge in [-0.25, -0.2) is 14.1 Å². The molecule has 1 unspecified atom stereocenters. The Hall–Kier alpha value is -3.46. The lowest BCUT2D eigenvalue weighted by Gasteiger charge is -2.13. The molecule has 2 aromatic carbocycles. The fourth-order valence-electron chi connectivity index (χ4n) is 3.62. The lowest BCUT2D eigenvalue weighted by atomic mass is 10.2. The van der Waals surface area contributed by atoms with Gasteiger partial charge < -0.3 is 5.32 Å². The molecule has 4 aromatic rings. The molecule has 1 aliphatic heterocycles. The summed E-state index contributed by atoms with van der Waals surface area (Å²) in [6.07, 6.45) is 1.65. The van der Waals surface area contributed by atoms with Gasteiger partial charge in [-0.05, 0) is 43.3 Å². The van der Waals surface area contributed by atoms with Crippen LogP contribution in [0.2, 0.25) is 0 Å². The summed E-state index contributed by atoms with van der Waals surface area (Å²) in [6.45, 7) is 2.01. The van der Waals surface area contributed by atoms with Gasteiger partial charge in [0.15, 0.2) is 10.8 Å². The maximum absolute atomic E-state index is 13.2. The topological polar surface area (TPSA) is 81.8 Å². The first-order chi connectivity index (χ1) is 15.0. The number of hydrogen-bond donors (Lipinski definition) is 1. The summed E-state index contributed by atoms with van der Waals surface area (Å²) >= 11 is 1.45. The third kappa shape index (κ3) is 3.61. The molecule has 2 aromatic heterocycles. The summed E-state index contributed by atoms with van der Waals surface area (Å²) in [4.78, 5) is 30.4. The highest BCUT2D eigenvalue weighted by Crippen LogP contribution is 2.33. The predicted molar refractivity (Wildman–Crippen MR) is 117 cm³/mol. The molecule has 7 nitrogen and oxygen atoms in total. The van der Waals surface area contributed by atoms with Crippen molar-refractivity contribution in [1.82, 2.24) is 19.3 Å². The van der Waals surface area contributed by atoms with Crippen LogP contribution in [0.25, 0.3) is 16.7 Å². The molecule has 9 heteroatoms. The van der Waals surface area contributed by atoms with Gasteiger partial charge >= 0.3 is 0 Å². The summed E-state index contributed by atoms with van der Waals surface area (Å²) in [7, 11) is 0. The van der Waals surface area contributed by atoms with Crippen molar-refractivity contribution in [1.29, 1.82) is 0 Å². The van der Waals surface area contributed by atoms with Crippen molar-refractivity contribution in [2.45, 2.75) is 24.5 Å². The molecule has 0 spiro atoms. The van der Waals surface area contributed by atoms with E-state index in [1.54, 1.807) is 9.25 Å². The summed E-state index contributed by atoms with van der Waals surface area (Å²) in [5.41, 5.74) is 2.77. The van der Waals surface area contributed by atoms with Crippen molar-refractivity contribution in [2.75, 3.05) is 11.1 Å². The maximum atomic E-state index is 13.2. The largest absolute Gasteiger partial charge is 0.326 e. The second-order valence-corrected chi connectivity index (χ2v) is 8.41. The molecule has 0 saturated carbocycles. The number of amides is 1. The average molecular weight is 435 g/mol. The summed E-state index contributed by atoms with van der Waals surface area (Å²) in [5.74, 6) is -0.0386. The normalized spacial score (nSPS) is 15.2. The van der Waals surface area contributed by atoms with Crippen LogP contribution in [0.3, 0.4) is 0 Å². The minimum atomic E-state index is -0.369. The summed E-state index contributed by atoms with van der Waals surface area (Å²) in [6, 6.07) is 13.1. The molecule has 1 N–H and O–H groups in total.